The molecule has 0 radical (unpaired) electrons. The topological polar surface area (TPSA) is 113 Å². The maximum absolute atomic E-state index is 7.15. The molecule has 14 aromatic carbocycles. The van der Waals surface area contributed by atoms with E-state index in [1.54, 1.807) is 0 Å². The average molecular weight is 1280 g/mol. The van der Waals surface area contributed by atoms with Crippen molar-refractivity contribution in [2.24, 2.45) is 0 Å². The number of para-hydroxylation sites is 5. The van der Waals surface area contributed by atoms with Gasteiger partial charge in [-0.2, -0.15) is 9.97 Å². The van der Waals surface area contributed by atoms with E-state index in [-0.39, 0.29) is 0 Å². The molecule has 10 heteroatoms. The number of fused-ring (bicyclic) bond motifs is 12. The highest BCUT2D eigenvalue weighted by Gasteiger charge is 2.25. The van der Waals surface area contributed by atoms with Crippen molar-refractivity contribution < 1.29 is 8.83 Å². The first kappa shape index (κ1) is 56.6. The fourth-order valence-corrected chi connectivity index (χ4v) is 14.9. The SMILES string of the molecule is c1ccc(-c2cc(-c3nc(-c4ccccc4)nc(-c4ccccc4-n4c5ccccc5c5cc(-c6cccc7oc8ccccc8c67)ccc54)n3)cc(-c3cccc4c3oc3cccc(-c5ccc6c(c5)c5ccccc5n6-c5nc(-c6ccccc6)nc(-c6ccccc6)n5)c34)c2)cc1. The van der Waals surface area contributed by atoms with Crippen molar-refractivity contribution in [3.05, 3.63) is 328 Å². The zero-order valence-electron chi connectivity index (χ0n) is 53.6. The first-order valence-corrected chi connectivity index (χ1v) is 33.5. The van der Waals surface area contributed by atoms with E-state index in [1.807, 2.05) is 91.0 Å². The molecule has 0 aliphatic rings. The summed E-state index contributed by atoms with van der Waals surface area (Å²) in [6.07, 6.45) is 0. The van der Waals surface area contributed by atoms with Gasteiger partial charge in [0.1, 0.15) is 22.3 Å². The molecule has 0 aliphatic carbocycles. The fourth-order valence-electron chi connectivity index (χ4n) is 14.9. The summed E-state index contributed by atoms with van der Waals surface area (Å²) in [4.78, 5) is 31.8. The summed E-state index contributed by atoms with van der Waals surface area (Å²) >= 11 is 0. The summed E-state index contributed by atoms with van der Waals surface area (Å²) in [5, 5.41) is 8.65. The molecular weight excluding hydrogens is 1230 g/mol. The number of nitrogens with zero attached hydrogens (tertiary/aromatic N) is 8. The van der Waals surface area contributed by atoms with Crippen LogP contribution in [0.1, 0.15) is 0 Å². The molecule has 20 rings (SSSR count). The third-order valence-corrected chi connectivity index (χ3v) is 19.4. The third-order valence-electron chi connectivity index (χ3n) is 19.4. The average Bonchev–Trinajstić information content (AvgIpc) is 1.57. The molecule has 466 valence electrons. The van der Waals surface area contributed by atoms with Gasteiger partial charge in [0.15, 0.2) is 29.1 Å². The quantitative estimate of drug-likeness (QED) is 0.126. The Morgan fingerprint density at radius 3 is 1.25 bits per heavy atom. The van der Waals surface area contributed by atoms with Gasteiger partial charge in [-0.15, -0.1) is 0 Å². The Kier molecular flexibility index (Phi) is 13.0. The van der Waals surface area contributed by atoms with Crippen molar-refractivity contribution in [3.63, 3.8) is 0 Å². The summed E-state index contributed by atoms with van der Waals surface area (Å²) < 4.78 is 18.1. The molecule has 0 N–H and O–H groups in total. The van der Waals surface area contributed by atoms with E-state index in [1.165, 1.54) is 0 Å². The van der Waals surface area contributed by atoms with E-state index in [0.29, 0.717) is 35.1 Å². The van der Waals surface area contributed by atoms with E-state index >= 15 is 0 Å². The number of hydrogen-bond donors (Lipinski definition) is 0. The van der Waals surface area contributed by atoms with Crippen molar-refractivity contribution in [2.75, 3.05) is 0 Å². The zero-order chi connectivity index (χ0) is 65.8. The predicted molar refractivity (Wildman–Crippen MR) is 405 cm³/mol. The van der Waals surface area contributed by atoms with Crippen molar-refractivity contribution in [2.45, 2.75) is 0 Å². The van der Waals surface area contributed by atoms with Crippen LogP contribution in [0, 0.1) is 0 Å². The molecule has 6 heterocycles. The Labute approximate surface area is 572 Å². The van der Waals surface area contributed by atoms with E-state index in [0.717, 1.165) is 166 Å². The lowest BCUT2D eigenvalue weighted by Crippen LogP contribution is -2.06. The third kappa shape index (κ3) is 9.34. The molecule has 0 saturated carbocycles. The van der Waals surface area contributed by atoms with Crippen LogP contribution in [0.15, 0.2) is 336 Å². The number of benzene rings is 14. The van der Waals surface area contributed by atoms with Crippen molar-refractivity contribution >= 4 is 87.5 Å². The Bertz CT molecular complexity index is 6600. The van der Waals surface area contributed by atoms with Gasteiger partial charge in [-0.1, -0.05) is 243 Å². The Hall–Kier alpha value is -13.7. The van der Waals surface area contributed by atoms with Crippen molar-refractivity contribution in [1.82, 2.24) is 39.0 Å². The summed E-state index contributed by atoms with van der Waals surface area (Å²) in [7, 11) is 0. The lowest BCUT2D eigenvalue weighted by atomic mass is 9.93. The predicted octanol–water partition coefficient (Wildman–Crippen LogP) is 23.1. The van der Waals surface area contributed by atoms with Crippen LogP contribution < -0.4 is 0 Å². The second-order valence-corrected chi connectivity index (χ2v) is 25.3. The first-order chi connectivity index (χ1) is 49.6. The lowest BCUT2D eigenvalue weighted by molar-refractivity contribution is 0.669. The van der Waals surface area contributed by atoms with Gasteiger partial charge in [0.05, 0.1) is 27.8 Å². The summed E-state index contributed by atoms with van der Waals surface area (Å²) in [6.45, 7) is 0. The monoisotopic (exact) mass is 1280 g/mol. The molecule has 0 amide bonds. The van der Waals surface area contributed by atoms with Gasteiger partial charge < -0.3 is 13.4 Å². The van der Waals surface area contributed by atoms with Crippen LogP contribution in [0.4, 0.5) is 0 Å². The second-order valence-electron chi connectivity index (χ2n) is 25.3. The van der Waals surface area contributed by atoms with Crippen LogP contribution in [-0.2, 0) is 0 Å². The molecule has 100 heavy (non-hydrogen) atoms. The van der Waals surface area contributed by atoms with Gasteiger partial charge in [0.2, 0.25) is 5.95 Å². The van der Waals surface area contributed by atoms with Crippen LogP contribution in [-0.4, -0.2) is 39.0 Å². The molecule has 0 atom stereocenters. The Morgan fingerprint density at radius 2 is 0.620 bits per heavy atom. The molecular formula is C90H54N8O2. The van der Waals surface area contributed by atoms with Crippen LogP contribution >= 0.6 is 0 Å². The Morgan fingerprint density at radius 1 is 0.210 bits per heavy atom. The number of furan rings is 2. The summed E-state index contributed by atoms with van der Waals surface area (Å²) in [5.41, 5.74) is 21.0. The molecule has 0 saturated heterocycles. The van der Waals surface area contributed by atoms with Gasteiger partial charge in [0, 0.05) is 76.5 Å². The summed E-state index contributed by atoms with van der Waals surface area (Å²) in [5.74, 6) is 3.38. The molecule has 0 fully saturated rings. The van der Waals surface area contributed by atoms with Gasteiger partial charge in [-0.3, -0.25) is 4.57 Å². The van der Waals surface area contributed by atoms with Gasteiger partial charge in [-0.25, -0.2) is 19.9 Å². The lowest BCUT2D eigenvalue weighted by Gasteiger charge is -2.15. The largest absolute Gasteiger partial charge is 0.456 e. The minimum Gasteiger partial charge on any atom is -0.456 e. The molecule has 0 spiro atoms. The van der Waals surface area contributed by atoms with Crippen LogP contribution in [0.25, 0.3) is 201 Å². The van der Waals surface area contributed by atoms with Gasteiger partial charge >= 0.3 is 0 Å². The first-order valence-electron chi connectivity index (χ1n) is 33.5. The van der Waals surface area contributed by atoms with Crippen LogP contribution in [0.2, 0.25) is 0 Å². The Balaban J connectivity index is 0.729. The molecule has 6 aromatic heterocycles. The standard InChI is InChI=1S/C90H54N8O2/c1-5-24-55(25-6-1)61-50-62(66-38-21-39-71-83-65(37-23-45-81(83)100-84(66)71)60-47-49-78-73(54-60)68-33-14-18-41-75(68)98(78)90-95-86(57-28-9-3-10-29-57)92-87(96-90)58-30-11-4-12-31-58)52-63(51-61)88-91-85(56-26-7-2-8-27-56)93-89(94-88)69-34-15-19-42-76(69)97-74-40-17-13-32-67(74)72-53-59(46-48-77(72)97)64-36-22-44-80-82(64)70-35-16-20-43-79(70)99-80/h1-54H. The van der Waals surface area contributed by atoms with E-state index in [4.69, 9.17) is 38.7 Å². The number of aromatic nitrogens is 8. The van der Waals surface area contributed by atoms with Crippen LogP contribution in [0.5, 0.6) is 0 Å². The van der Waals surface area contributed by atoms with E-state index in [2.05, 4.69) is 246 Å². The number of rotatable bonds is 11. The van der Waals surface area contributed by atoms with Crippen LogP contribution in [0.3, 0.4) is 0 Å². The minimum absolute atomic E-state index is 0.532. The highest BCUT2D eigenvalue weighted by Crippen LogP contribution is 2.46. The second kappa shape index (κ2) is 23.0. The molecule has 20 aromatic rings. The summed E-state index contributed by atoms with van der Waals surface area (Å²) in [6, 6.07) is 114. The molecule has 0 unspecified atom stereocenters. The van der Waals surface area contributed by atoms with Gasteiger partial charge in [-0.05, 0) is 124 Å². The van der Waals surface area contributed by atoms with Crippen molar-refractivity contribution in [3.8, 4) is 113 Å². The van der Waals surface area contributed by atoms with E-state index < -0.39 is 0 Å². The number of hydrogen-bond acceptors (Lipinski definition) is 8. The fraction of sp³-hybridized carbons (Fsp3) is 0. The molecule has 10 nitrogen and oxygen atoms in total. The maximum atomic E-state index is 7.15. The van der Waals surface area contributed by atoms with Crippen molar-refractivity contribution in [1.29, 1.82) is 0 Å². The zero-order valence-corrected chi connectivity index (χ0v) is 53.6. The normalized spacial score (nSPS) is 11.8. The maximum Gasteiger partial charge on any atom is 0.238 e. The molecule has 0 bridgehead atoms. The highest BCUT2D eigenvalue weighted by molar-refractivity contribution is 6.18. The highest BCUT2D eigenvalue weighted by atomic mass is 16.3. The smallest absolute Gasteiger partial charge is 0.238 e. The van der Waals surface area contributed by atoms with E-state index in [9.17, 15) is 0 Å². The molecule has 0 aliphatic heterocycles. The van der Waals surface area contributed by atoms with Gasteiger partial charge in [0.25, 0.3) is 0 Å². The minimum atomic E-state index is 0.532.